The third-order valence-corrected chi connectivity index (χ3v) is 9.08. The first kappa shape index (κ1) is 24.1. The molecule has 0 unspecified atom stereocenters. The second kappa shape index (κ2) is 10.2. The smallest absolute Gasteiger partial charge is 0.255 e. The summed E-state index contributed by atoms with van der Waals surface area (Å²) in [4.78, 5) is 18.0. The van der Waals surface area contributed by atoms with Crippen molar-refractivity contribution in [1.29, 1.82) is 0 Å². The van der Waals surface area contributed by atoms with E-state index in [0.29, 0.717) is 18.8 Å². The van der Waals surface area contributed by atoms with Crippen molar-refractivity contribution in [2.45, 2.75) is 30.6 Å². The Kier molecular flexibility index (Phi) is 7.00. The molecule has 9 heteroatoms. The molecule has 0 aromatic heterocycles. The second-order valence-electron chi connectivity index (χ2n) is 9.71. The highest BCUT2D eigenvalue weighted by atomic mass is 32.2. The lowest BCUT2D eigenvalue weighted by Crippen LogP contribution is -2.47. The fourth-order valence-electron chi connectivity index (χ4n) is 4.92. The summed E-state index contributed by atoms with van der Waals surface area (Å²) in [6, 6.07) is 12.4. The Hall–Kier alpha value is -2.62. The number of benzene rings is 2. The molecule has 1 amide bonds. The highest BCUT2D eigenvalue weighted by Crippen LogP contribution is 2.31. The predicted molar refractivity (Wildman–Crippen MR) is 137 cm³/mol. The van der Waals surface area contributed by atoms with Gasteiger partial charge in [-0.15, -0.1) is 0 Å². The van der Waals surface area contributed by atoms with E-state index in [0.717, 1.165) is 50.6 Å². The molecule has 1 saturated carbocycles. The summed E-state index contributed by atoms with van der Waals surface area (Å²) in [5.74, 6) is 0.803. The molecule has 8 nitrogen and oxygen atoms in total. The third kappa shape index (κ3) is 5.47. The van der Waals surface area contributed by atoms with Gasteiger partial charge in [-0.2, -0.15) is 4.31 Å². The Bertz CT molecular complexity index is 1170. The highest BCUT2D eigenvalue weighted by Gasteiger charge is 2.31. The second-order valence-corrected chi connectivity index (χ2v) is 11.6. The SMILES string of the molecule is COc1ccc(C(=O)Nc2cccc(N3CCN(CC4CC4)CC3)c2)cc1S(=O)(=O)N1CCCC1. The molecule has 35 heavy (non-hydrogen) atoms. The van der Waals surface area contributed by atoms with Crippen LogP contribution in [0, 0.1) is 5.92 Å². The fourth-order valence-corrected chi connectivity index (χ4v) is 6.62. The van der Waals surface area contributed by atoms with E-state index in [4.69, 9.17) is 4.74 Å². The van der Waals surface area contributed by atoms with E-state index in [2.05, 4.69) is 21.2 Å². The van der Waals surface area contributed by atoms with Crippen molar-refractivity contribution in [3.8, 4) is 5.75 Å². The van der Waals surface area contributed by atoms with Gasteiger partial charge >= 0.3 is 0 Å². The van der Waals surface area contributed by atoms with Crippen molar-refractivity contribution in [3.63, 3.8) is 0 Å². The van der Waals surface area contributed by atoms with E-state index in [1.165, 1.54) is 36.9 Å². The molecule has 3 fully saturated rings. The topological polar surface area (TPSA) is 82.2 Å². The minimum atomic E-state index is -3.72. The molecule has 0 radical (unpaired) electrons. The van der Waals surface area contributed by atoms with Crippen molar-refractivity contribution < 1.29 is 17.9 Å². The average Bonchev–Trinajstić information content (AvgIpc) is 3.50. The van der Waals surface area contributed by atoms with Gasteiger partial charge in [0.25, 0.3) is 5.91 Å². The number of amides is 1. The first-order valence-electron chi connectivity index (χ1n) is 12.5. The summed E-state index contributed by atoms with van der Waals surface area (Å²) in [6.45, 7) is 6.27. The van der Waals surface area contributed by atoms with Crippen molar-refractivity contribution in [1.82, 2.24) is 9.21 Å². The zero-order valence-electron chi connectivity index (χ0n) is 20.3. The number of carbonyl (C=O) groups is 1. The molecule has 1 aliphatic carbocycles. The van der Waals surface area contributed by atoms with E-state index in [-0.39, 0.29) is 22.1 Å². The Balaban J connectivity index is 1.28. The lowest BCUT2D eigenvalue weighted by molar-refractivity contribution is 0.102. The summed E-state index contributed by atoms with van der Waals surface area (Å²) < 4.78 is 33.1. The Morgan fingerprint density at radius 1 is 1.00 bits per heavy atom. The predicted octanol–water partition coefficient (Wildman–Crippen LogP) is 3.26. The van der Waals surface area contributed by atoms with Crippen LogP contribution in [0.3, 0.4) is 0 Å². The van der Waals surface area contributed by atoms with E-state index in [9.17, 15) is 13.2 Å². The summed E-state index contributed by atoms with van der Waals surface area (Å²) in [5.41, 5.74) is 2.05. The van der Waals surface area contributed by atoms with Gasteiger partial charge in [0.2, 0.25) is 10.0 Å². The lowest BCUT2D eigenvalue weighted by atomic mass is 10.2. The van der Waals surface area contributed by atoms with Crippen LogP contribution in [0.25, 0.3) is 0 Å². The average molecular weight is 499 g/mol. The van der Waals surface area contributed by atoms with Gasteiger partial charge in [-0.05, 0) is 68.0 Å². The van der Waals surface area contributed by atoms with Gasteiger partial charge in [0.1, 0.15) is 10.6 Å². The molecular formula is C26H34N4O4S. The molecule has 3 aliphatic rings. The van der Waals surface area contributed by atoms with Crippen LogP contribution in [0.15, 0.2) is 47.4 Å². The Morgan fingerprint density at radius 2 is 1.74 bits per heavy atom. The standard InChI is InChI=1S/C26H34N4O4S/c1-34-24-10-9-21(17-25(24)35(32,33)30-11-2-3-12-30)26(31)27-22-5-4-6-23(18-22)29-15-13-28(14-16-29)19-20-7-8-20/h4-6,9-10,17-18,20H,2-3,7-8,11-16,19H2,1H3,(H,27,31). The quantitative estimate of drug-likeness (QED) is 0.602. The zero-order valence-corrected chi connectivity index (χ0v) is 21.1. The van der Waals surface area contributed by atoms with Gasteiger partial charge in [-0.3, -0.25) is 9.69 Å². The molecule has 2 aliphatic heterocycles. The first-order chi connectivity index (χ1) is 16.9. The van der Waals surface area contributed by atoms with Crippen molar-refractivity contribution in [2.75, 3.05) is 63.1 Å². The number of ether oxygens (including phenoxy) is 1. The number of anilines is 2. The van der Waals surface area contributed by atoms with E-state index in [1.54, 1.807) is 12.1 Å². The highest BCUT2D eigenvalue weighted by molar-refractivity contribution is 7.89. The molecule has 0 atom stereocenters. The number of piperazine rings is 1. The number of carbonyl (C=O) groups excluding carboxylic acids is 1. The van der Waals surface area contributed by atoms with Gasteiger partial charge < -0.3 is 15.0 Å². The zero-order chi connectivity index (χ0) is 24.4. The van der Waals surface area contributed by atoms with E-state index < -0.39 is 10.0 Å². The molecule has 2 heterocycles. The number of nitrogens with zero attached hydrogens (tertiary/aromatic N) is 3. The maximum Gasteiger partial charge on any atom is 0.255 e. The Labute approximate surface area is 207 Å². The number of rotatable bonds is 8. The lowest BCUT2D eigenvalue weighted by Gasteiger charge is -2.36. The summed E-state index contributed by atoms with van der Waals surface area (Å²) in [6.07, 6.45) is 4.44. The normalized spacial score (nSPS) is 19.6. The van der Waals surface area contributed by atoms with Crippen LogP contribution in [0.2, 0.25) is 0 Å². The van der Waals surface area contributed by atoms with E-state index in [1.807, 2.05) is 18.2 Å². The molecule has 188 valence electrons. The monoisotopic (exact) mass is 498 g/mol. The molecule has 1 N–H and O–H groups in total. The van der Waals surface area contributed by atoms with Gasteiger partial charge in [0.05, 0.1) is 7.11 Å². The minimum Gasteiger partial charge on any atom is -0.495 e. The number of sulfonamides is 1. The van der Waals surface area contributed by atoms with Crippen LogP contribution in [0.5, 0.6) is 5.75 Å². The van der Waals surface area contributed by atoms with Gasteiger partial charge in [0, 0.05) is 62.8 Å². The Morgan fingerprint density at radius 3 is 2.43 bits per heavy atom. The molecule has 2 saturated heterocycles. The number of nitrogens with one attached hydrogen (secondary N) is 1. The van der Waals surface area contributed by atoms with E-state index >= 15 is 0 Å². The molecular weight excluding hydrogens is 464 g/mol. The fraction of sp³-hybridized carbons (Fsp3) is 0.500. The van der Waals surface area contributed by atoms with Crippen molar-refractivity contribution in [2.24, 2.45) is 5.92 Å². The number of hydrogen-bond acceptors (Lipinski definition) is 6. The molecule has 5 rings (SSSR count). The minimum absolute atomic E-state index is 0.0346. The van der Waals surface area contributed by atoms with Crippen LogP contribution in [0.4, 0.5) is 11.4 Å². The molecule has 2 aromatic carbocycles. The summed E-state index contributed by atoms with van der Waals surface area (Å²) in [7, 11) is -2.28. The largest absolute Gasteiger partial charge is 0.495 e. The molecule has 0 spiro atoms. The van der Waals surface area contributed by atoms with Crippen LogP contribution in [0.1, 0.15) is 36.0 Å². The van der Waals surface area contributed by atoms with Gasteiger partial charge in [-0.1, -0.05) is 6.07 Å². The van der Waals surface area contributed by atoms with Crippen LogP contribution < -0.4 is 15.0 Å². The molecule has 0 bridgehead atoms. The number of hydrogen-bond donors (Lipinski definition) is 1. The summed E-state index contributed by atoms with van der Waals surface area (Å²) >= 11 is 0. The summed E-state index contributed by atoms with van der Waals surface area (Å²) in [5, 5.41) is 2.94. The number of methoxy groups -OCH3 is 1. The maximum absolute atomic E-state index is 13.2. The molecule has 2 aromatic rings. The van der Waals surface area contributed by atoms with Crippen molar-refractivity contribution >= 4 is 27.3 Å². The maximum atomic E-state index is 13.2. The van der Waals surface area contributed by atoms with Crippen LogP contribution in [-0.4, -0.2) is 76.5 Å². The van der Waals surface area contributed by atoms with Crippen molar-refractivity contribution in [3.05, 3.63) is 48.0 Å². The van der Waals surface area contributed by atoms with Gasteiger partial charge in [0.15, 0.2) is 0 Å². The first-order valence-corrected chi connectivity index (χ1v) is 13.9. The third-order valence-electron chi connectivity index (χ3n) is 7.16. The van der Waals surface area contributed by atoms with Crippen LogP contribution in [-0.2, 0) is 10.0 Å². The van der Waals surface area contributed by atoms with Crippen LogP contribution >= 0.6 is 0 Å². The van der Waals surface area contributed by atoms with Gasteiger partial charge in [-0.25, -0.2) is 8.42 Å².